The number of aliphatic hydroxyl groups is 1. The van der Waals surface area contributed by atoms with E-state index in [1.807, 2.05) is 54.9 Å². The summed E-state index contributed by atoms with van der Waals surface area (Å²) in [6, 6.07) is 12.1. The molecule has 0 saturated heterocycles. The molecule has 4 N–H and O–H groups in total. The topological polar surface area (TPSA) is 98.7 Å². The first-order valence-electron chi connectivity index (χ1n) is 11.5. The van der Waals surface area contributed by atoms with Crippen molar-refractivity contribution in [3.63, 3.8) is 0 Å². The number of carbonyl (C=O) groups is 1. The lowest BCUT2D eigenvalue weighted by atomic mass is 10.0. The summed E-state index contributed by atoms with van der Waals surface area (Å²) in [6.07, 6.45) is 3.32. The van der Waals surface area contributed by atoms with E-state index in [1.165, 1.54) is 0 Å². The summed E-state index contributed by atoms with van der Waals surface area (Å²) in [5.74, 6) is 1.07. The molecule has 2 aromatic carbocycles. The first-order chi connectivity index (χ1) is 15.9. The van der Waals surface area contributed by atoms with Gasteiger partial charge in [-0.2, -0.15) is 0 Å². The van der Waals surface area contributed by atoms with Crippen molar-refractivity contribution in [2.75, 3.05) is 26.4 Å². The molecule has 0 aliphatic rings. The first kappa shape index (κ1) is 24.6. The van der Waals surface area contributed by atoms with E-state index < -0.39 is 5.91 Å². The van der Waals surface area contributed by atoms with Crippen LogP contribution >= 0.6 is 0 Å². The zero-order valence-electron chi connectivity index (χ0n) is 19.8. The average molecular weight is 454 g/mol. The fraction of sp³-hybridized carbons (Fsp3) is 0.423. The Morgan fingerprint density at radius 1 is 1.18 bits per heavy atom. The number of fused-ring (bicyclic) bond motifs is 1. The molecule has 1 amide bonds. The van der Waals surface area contributed by atoms with Crippen molar-refractivity contribution in [1.29, 1.82) is 0 Å². The second-order valence-electron chi connectivity index (χ2n) is 8.32. The second kappa shape index (κ2) is 11.7. The molecule has 1 heterocycles. The van der Waals surface area contributed by atoms with E-state index in [4.69, 9.17) is 20.3 Å². The lowest BCUT2D eigenvalue weighted by molar-refractivity contribution is 0.100. The highest BCUT2D eigenvalue weighted by molar-refractivity contribution is 6.05. The van der Waals surface area contributed by atoms with Gasteiger partial charge in [-0.3, -0.25) is 4.79 Å². The summed E-state index contributed by atoms with van der Waals surface area (Å²) in [4.78, 5) is 12.1. The third-order valence-corrected chi connectivity index (χ3v) is 5.54. The van der Waals surface area contributed by atoms with E-state index in [1.54, 1.807) is 0 Å². The average Bonchev–Trinajstić information content (AvgIpc) is 3.18. The van der Waals surface area contributed by atoms with E-state index in [0.717, 1.165) is 39.9 Å². The molecule has 1 unspecified atom stereocenters. The molecular formula is C26H35N3O4. The highest BCUT2D eigenvalue weighted by Crippen LogP contribution is 2.28. The Bertz CT molecular complexity index is 1080. The summed E-state index contributed by atoms with van der Waals surface area (Å²) < 4.78 is 13.6. The standard InChI is InChI=1S/C26H35N3O4/c1-4-32-24-14-18(2)6-7-23(24)33-13-9-28-19(3)15-20-16-21-8-11-29(10-5-12-30)25(21)22(17-20)26(27)31/h6-8,11,14,16-17,19,28,30H,4-5,9-10,12-13,15H2,1-3H3,(H2,27,31). The molecule has 7 nitrogen and oxygen atoms in total. The smallest absolute Gasteiger partial charge is 0.250 e. The monoisotopic (exact) mass is 453 g/mol. The molecule has 0 radical (unpaired) electrons. The molecule has 0 bridgehead atoms. The number of hydrogen-bond donors (Lipinski definition) is 3. The maximum absolute atomic E-state index is 12.1. The highest BCUT2D eigenvalue weighted by atomic mass is 16.5. The van der Waals surface area contributed by atoms with Gasteiger partial charge in [-0.05, 0) is 75.1 Å². The van der Waals surface area contributed by atoms with Gasteiger partial charge in [0.05, 0.1) is 17.7 Å². The van der Waals surface area contributed by atoms with Crippen LogP contribution in [0.4, 0.5) is 0 Å². The largest absolute Gasteiger partial charge is 0.490 e. The number of nitrogens with two attached hydrogens (primary N) is 1. The fourth-order valence-corrected chi connectivity index (χ4v) is 4.04. The van der Waals surface area contributed by atoms with Gasteiger partial charge in [-0.15, -0.1) is 0 Å². The van der Waals surface area contributed by atoms with Gasteiger partial charge >= 0.3 is 0 Å². The van der Waals surface area contributed by atoms with Gasteiger partial charge in [-0.25, -0.2) is 0 Å². The van der Waals surface area contributed by atoms with Crippen LogP contribution in [0.2, 0.25) is 0 Å². The molecule has 3 rings (SSSR count). The van der Waals surface area contributed by atoms with Crippen molar-refractivity contribution in [1.82, 2.24) is 9.88 Å². The number of aromatic nitrogens is 1. The molecule has 0 aliphatic heterocycles. The lowest BCUT2D eigenvalue weighted by Gasteiger charge is -2.17. The van der Waals surface area contributed by atoms with Gasteiger partial charge in [0.15, 0.2) is 11.5 Å². The normalized spacial score (nSPS) is 12.1. The summed E-state index contributed by atoms with van der Waals surface area (Å²) in [6.45, 7) is 8.64. The maximum Gasteiger partial charge on any atom is 0.250 e. The third kappa shape index (κ3) is 6.49. The molecule has 7 heteroatoms. The van der Waals surface area contributed by atoms with Crippen LogP contribution < -0.4 is 20.5 Å². The zero-order valence-corrected chi connectivity index (χ0v) is 19.8. The summed E-state index contributed by atoms with van der Waals surface area (Å²) in [5, 5.41) is 13.6. The van der Waals surface area contributed by atoms with Crippen LogP contribution in [0.25, 0.3) is 10.9 Å². The Balaban J connectivity index is 1.60. The van der Waals surface area contributed by atoms with Gasteiger partial charge in [0, 0.05) is 37.3 Å². The molecule has 0 saturated carbocycles. The number of primary amides is 1. The van der Waals surface area contributed by atoms with E-state index in [0.29, 0.717) is 38.3 Å². The lowest BCUT2D eigenvalue weighted by Crippen LogP contribution is -2.32. The summed E-state index contributed by atoms with van der Waals surface area (Å²) in [7, 11) is 0. The van der Waals surface area contributed by atoms with E-state index in [2.05, 4.69) is 18.3 Å². The van der Waals surface area contributed by atoms with Gasteiger partial charge < -0.3 is 30.2 Å². The number of ether oxygens (including phenoxy) is 2. The van der Waals surface area contributed by atoms with Gasteiger partial charge in [0.2, 0.25) is 0 Å². The highest BCUT2D eigenvalue weighted by Gasteiger charge is 2.15. The Morgan fingerprint density at radius 3 is 2.73 bits per heavy atom. The molecule has 1 atom stereocenters. The SMILES string of the molecule is CCOc1cc(C)ccc1OCCNC(C)Cc1cc(C(N)=O)c2c(ccn2CCCO)c1. The van der Waals surface area contributed by atoms with Crippen LogP contribution in [0.1, 0.15) is 41.8 Å². The minimum Gasteiger partial charge on any atom is -0.490 e. The first-order valence-corrected chi connectivity index (χ1v) is 11.5. The third-order valence-electron chi connectivity index (χ3n) is 5.54. The Labute approximate surface area is 195 Å². The molecular weight excluding hydrogens is 418 g/mol. The number of amides is 1. The number of hydrogen-bond acceptors (Lipinski definition) is 5. The van der Waals surface area contributed by atoms with Gasteiger partial charge in [0.25, 0.3) is 5.91 Å². The zero-order chi connectivity index (χ0) is 23.8. The molecule has 0 fully saturated rings. The van der Waals surface area contributed by atoms with Crippen LogP contribution in [-0.2, 0) is 13.0 Å². The van der Waals surface area contributed by atoms with Crippen molar-refractivity contribution >= 4 is 16.8 Å². The number of rotatable bonds is 13. The molecule has 0 aliphatic carbocycles. The van der Waals surface area contributed by atoms with Crippen LogP contribution in [0, 0.1) is 6.92 Å². The molecule has 178 valence electrons. The fourth-order valence-electron chi connectivity index (χ4n) is 4.04. The van der Waals surface area contributed by atoms with Crippen molar-refractivity contribution < 1.29 is 19.4 Å². The van der Waals surface area contributed by atoms with Gasteiger partial charge in [0.1, 0.15) is 6.61 Å². The summed E-state index contributed by atoms with van der Waals surface area (Å²) >= 11 is 0. The van der Waals surface area contributed by atoms with Crippen molar-refractivity contribution in [3.8, 4) is 11.5 Å². The number of carbonyl (C=O) groups excluding carboxylic acids is 1. The Morgan fingerprint density at radius 2 is 2.00 bits per heavy atom. The van der Waals surface area contributed by atoms with Gasteiger partial charge in [-0.1, -0.05) is 6.07 Å². The van der Waals surface area contributed by atoms with Crippen molar-refractivity contribution in [3.05, 3.63) is 59.3 Å². The second-order valence-corrected chi connectivity index (χ2v) is 8.32. The predicted molar refractivity (Wildman–Crippen MR) is 131 cm³/mol. The summed E-state index contributed by atoms with van der Waals surface area (Å²) in [5.41, 5.74) is 9.22. The molecule has 33 heavy (non-hydrogen) atoms. The van der Waals surface area contributed by atoms with Crippen molar-refractivity contribution in [2.45, 2.75) is 46.2 Å². The van der Waals surface area contributed by atoms with Crippen LogP contribution in [0.3, 0.4) is 0 Å². The van der Waals surface area contributed by atoms with Crippen LogP contribution in [0.5, 0.6) is 11.5 Å². The number of benzene rings is 2. The van der Waals surface area contributed by atoms with E-state index in [9.17, 15) is 4.79 Å². The van der Waals surface area contributed by atoms with Crippen LogP contribution in [-0.4, -0.2) is 48.0 Å². The molecule has 1 aromatic heterocycles. The van der Waals surface area contributed by atoms with Crippen LogP contribution in [0.15, 0.2) is 42.6 Å². The number of nitrogens with zero attached hydrogens (tertiary/aromatic N) is 1. The number of aliphatic hydroxyl groups excluding tert-OH is 1. The van der Waals surface area contributed by atoms with E-state index in [-0.39, 0.29) is 12.6 Å². The van der Waals surface area contributed by atoms with E-state index >= 15 is 0 Å². The Hall–Kier alpha value is -3.03. The quantitative estimate of drug-likeness (QED) is 0.345. The number of nitrogens with one attached hydrogen (secondary N) is 1. The molecule has 3 aromatic rings. The molecule has 0 spiro atoms. The Kier molecular flexibility index (Phi) is 8.74. The minimum absolute atomic E-state index is 0.105. The predicted octanol–water partition coefficient (Wildman–Crippen LogP) is 3.43. The minimum atomic E-state index is -0.442. The maximum atomic E-state index is 12.1. The van der Waals surface area contributed by atoms with Crippen molar-refractivity contribution in [2.24, 2.45) is 5.73 Å². The number of aryl methyl sites for hydroxylation is 2.